The Morgan fingerprint density at radius 1 is 1.25 bits per heavy atom. The fourth-order valence-electron chi connectivity index (χ4n) is 1.73. The maximum Gasteiger partial charge on any atom is 0.323 e. The average Bonchev–Trinajstić information content (AvgIpc) is 2.52. The molecule has 1 aromatic heterocycles. The van der Waals surface area contributed by atoms with Crippen LogP contribution in [0.15, 0.2) is 29.2 Å². The lowest BCUT2D eigenvalue weighted by Gasteiger charge is -2.10. The maximum atomic E-state index is 11.2. The number of nitrogens with two attached hydrogens (primary N) is 1. The topological polar surface area (TPSA) is 152 Å². The second-order valence-electron chi connectivity index (χ2n) is 4.54. The molecule has 0 saturated carbocycles. The van der Waals surface area contributed by atoms with Crippen LogP contribution in [0.5, 0.6) is 6.01 Å². The number of ether oxygens (including phenoxy) is 1. The van der Waals surface area contributed by atoms with Gasteiger partial charge in [-0.1, -0.05) is 6.07 Å². The minimum absolute atomic E-state index is 0.112. The molecule has 5 N–H and O–H groups in total. The van der Waals surface area contributed by atoms with E-state index in [2.05, 4.69) is 25.6 Å². The molecule has 11 heteroatoms. The molecule has 24 heavy (non-hydrogen) atoms. The van der Waals surface area contributed by atoms with Crippen molar-refractivity contribution in [3.05, 3.63) is 24.3 Å². The van der Waals surface area contributed by atoms with Crippen LogP contribution in [0.2, 0.25) is 0 Å². The van der Waals surface area contributed by atoms with E-state index < -0.39 is 10.1 Å². The summed E-state index contributed by atoms with van der Waals surface area (Å²) in [5.74, 6) is 0.424. The summed E-state index contributed by atoms with van der Waals surface area (Å²) in [6.45, 7) is 3.03. The number of rotatable bonds is 8. The fraction of sp³-hybridized carbons (Fsp3) is 0.308. The highest BCUT2D eigenvalue weighted by molar-refractivity contribution is 7.85. The molecule has 130 valence electrons. The largest absolute Gasteiger partial charge is 0.464 e. The Kier molecular flexibility index (Phi) is 5.84. The third-order valence-corrected chi connectivity index (χ3v) is 3.55. The predicted molar refractivity (Wildman–Crippen MR) is 88.1 cm³/mol. The Labute approximate surface area is 139 Å². The standard InChI is InChI=1S/C13H18N6O4S/c1-2-23-13-18-11(15-7-6-14)17-12(19-13)16-9-4-3-5-10(8-9)24(20,21)22/h3-5,8H,2,6-7,14H2,1H3,(H,20,21,22)(H2,15,16,17,18,19). The highest BCUT2D eigenvalue weighted by Gasteiger charge is 2.11. The Bertz CT molecular complexity index is 799. The van der Waals surface area contributed by atoms with Gasteiger partial charge >= 0.3 is 6.01 Å². The van der Waals surface area contributed by atoms with E-state index >= 15 is 0 Å². The Morgan fingerprint density at radius 3 is 2.67 bits per heavy atom. The molecular weight excluding hydrogens is 336 g/mol. The quantitative estimate of drug-likeness (QED) is 0.496. The molecule has 0 fully saturated rings. The molecule has 0 aliphatic carbocycles. The number of benzene rings is 1. The van der Waals surface area contributed by atoms with Crippen molar-refractivity contribution in [1.82, 2.24) is 15.0 Å². The minimum Gasteiger partial charge on any atom is -0.464 e. The van der Waals surface area contributed by atoms with Gasteiger partial charge in [-0.15, -0.1) is 0 Å². The van der Waals surface area contributed by atoms with Gasteiger partial charge in [0.2, 0.25) is 11.9 Å². The maximum absolute atomic E-state index is 11.2. The Morgan fingerprint density at radius 2 is 2.00 bits per heavy atom. The van der Waals surface area contributed by atoms with E-state index in [1.165, 1.54) is 18.2 Å². The first-order valence-electron chi connectivity index (χ1n) is 7.09. The van der Waals surface area contributed by atoms with Gasteiger partial charge in [0, 0.05) is 18.8 Å². The zero-order valence-corrected chi connectivity index (χ0v) is 13.7. The van der Waals surface area contributed by atoms with Gasteiger partial charge in [-0.05, 0) is 25.1 Å². The van der Waals surface area contributed by atoms with E-state index in [-0.39, 0.29) is 22.8 Å². The van der Waals surface area contributed by atoms with Crippen LogP contribution in [0.3, 0.4) is 0 Å². The molecule has 0 aliphatic rings. The van der Waals surface area contributed by atoms with E-state index in [0.717, 1.165) is 0 Å². The van der Waals surface area contributed by atoms with Gasteiger partial charge in [0.1, 0.15) is 0 Å². The second-order valence-corrected chi connectivity index (χ2v) is 5.96. The summed E-state index contributed by atoms with van der Waals surface area (Å²) in [4.78, 5) is 12.1. The van der Waals surface area contributed by atoms with Gasteiger partial charge in [-0.2, -0.15) is 23.4 Å². The van der Waals surface area contributed by atoms with Crippen LogP contribution in [0.4, 0.5) is 17.6 Å². The summed E-state index contributed by atoms with van der Waals surface area (Å²) in [6, 6.07) is 5.72. The van der Waals surface area contributed by atoms with Crippen LogP contribution in [-0.4, -0.2) is 47.6 Å². The van der Waals surface area contributed by atoms with Gasteiger partial charge in [0.15, 0.2) is 0 Å². The van der Waals surface area contributed by atoms with E-state index in [4.69, 9.17) is 15.0 Å². The van der Waals surface area contributed by atoms with Gasteiger partial charge in [-0.25, -0.2) is 0 Å². The molecule has 0 saturated heterocycles. The lowest BCUT2D eigenvalue weighted by Crippen LogP contribution is -2.16. The second kappa shape index (κ2) is 7.86. The smallest absolute Gasteiger partial charge is 0.323 e. The van der Waals surface area contributed by atoms with Crippen LogP contribution >= 0.6 is 0 Å². The van der Waals surface area contributed by atoms with Crippen molar-refractivity contribution in [2.75, 3.05) is 30.3 Å². The van der Waals surface area contributed by atoms with Crippen molar-refractivity contribution in [1.29, 1.82) is 0 Å². The Balaban J connectivity index is 2.29. The van der Waals surface area contributed by atoms with Gasteiger partial charge in [0.25, 0.3) is 10.1 Å². The molecule has 0 amide bonds. The zero-order chi connectivity index (χ0) is 17.6. The normalized spacial score (nSPS) is 11.1. The fourth-order valence-corrected chi connectivity index (χ4v) is 2.26. The van der Waals surface area contributed by atoms with Gasteiger partial charge in [0.05, 0.1) is 11.5 Å². The number of nitrogens with one attached hydrogen (secondary N) is 2. The summed E-state index contributed by atoms with van der Waals surface area (Å²) in [5, 5.41) is 5.75. The molecule has 0 radical (unpaired) electrons. The molecule has 10 nitrogen and oxygen atoms in total. The molecule has 0 unspecified atom stereocenters. The summed E-state index contributed by atoms with van der Waals surface area (Å²) in [6.07, 6.45) is 0. The number of anilines is 3. The highest BCUT2D eigenvalue weighted by Crippen LogP contribution is 2.19. The Hall–Kier alpha value is -2.50. The van der Waals surface area contributed by atoms with Crippen molar-refractivity contribution in [3.8, 4) is 6.01 Å². The predicted octanol–water partition coefficient (Wildman–Crippen LogP) is 0.631. The van der Waals surface area contributed by atoms with Crippen LogP contribution in [0, 0.1) is 0 Å². The monoisotopic (exact) mass is 354 g/mol. The van der Waals surface area contributed by atoms with Crippen LogP contribution in [0.1, 0.15) is 6.92 Å². The lowest BCUT2D eigenvalue weighted by molar-refractivity contribution is 0.312. The molecule has 1 aromatic carbocycles. The zero-order valence-electron chi connectivity index (χ0n) is 12.9. The summed E-state index contributed by atoms with van der Waals surface area (Å²) in [7, 11) is -4.30. The molecule has 2 aromatic rings. The number of hydrogen-bond donors (Lipinski definition) is 4. The van der Waals surface area contributed by atoms with Crippen molar-refractivity contribution >= 4 is 27.7 Å². The number of nitrogens with zero attached hydrogens (tertiary/aromatic N) is 3. The summed E-state index contributed by atoms with van der Waals surface area (Å²) < 4.78 is 36.8. The molecule has 0 atom stereocenters. The van der Waals surface area contributed by atoms with E-state index in [1.807, 2.05) is 0 Å². The molecule has 2 rings (SSSR count). The molecular formula is C13H18N6O4S. The molecule has 0 spiro atoms. The minimum atomic E-state index is -4.30. The first-order valence-corrected chi connectivity index (χ1v) is 8.53. The van der Waals surface area contributed by atoms with Crippen molar-refractivity contribution in [2.45, 2.75) is 11.8 Å². The summed E-state index contributed by atoms with van der Waals surface area (Å²) in [5.41, 5.74) is 5.81. The van der Waals surface area contributed by atoms with Crippen molar-refractivity contribution in [3.63, 3.8) is 0 Å². The van der Waals surface area contributed by atoms with E-state index in [1.54, 1.807) is 13.0 Å². The summed E-state index contributed by atoms with van der Waals surface area (Å²) >= 11 is 0. The van der Waals surface area contributed by atoms with E-state index in [0.29, 0.717) is 25.4 Å². The third kappa shape index (κ3) is 5.01. The van der Waals surface area contributed by atoms with E-state index in [9.17, 15) is 8.42 Å². The lowest BCUT2D eigenvalue weighted by atomic mass is 10.3. The first kappa shape index (κ1) is 17.8. The van der Waals surface area contributed by atoms with Crippen LogP contribution in [-0.2, 0) is 10.1 Å². The average molecular weight is 354 g/mol. The van der Waals surface area contributed by atoms with Crippen LogP contribution in [0.25, 0.3) is 0 Å². The number of aromatic nitrogens is 3. The van der Waals surface area contributed by atoms with Crippen molar-refractivity contribution in [2.24, 2.45) is 5.73 Å². The third-order valence-electron chi connectivity index (χ3n) is 2.70. The van der Waals surface area contributed by atoms with Crippen molar-refractivity contribution < 1.29 is 17.7 Å². The SMILES string of the molecule is CCOc1nc(NCCN)nc(Nc2cccc(S(=O)(=O)O)c2)n1. The molecule has 0 bridgehead atoms. The number of hydrogen-bond acceptors (Lipinski definition) is 9. The molecule has 0 aliphatic heterocycles. The first-order chi connectivity index (χ1) is 11.4. The van der Waals surface area contributed by atoms with Crippen LogP contribution < -0.4 is 21.1 Å². The van der Waals surface area contributed by atoms with Gasteiger partial charge in [-0.3, -0.25) is 4.55 Å². The molecule has 1 heterocycles. The highest BCUT2D eigenvalue weighted by atomic mass is 32.2. The van der Waals surface area contributed by atoms with Gasteiger partial charge < -0.3 is 21.1 Å².